The molecule has 0 aromatic rings. The third-order valence-electron chi connectivity index (χ3n) is 5.35. The van der Waals surface area contributed by atoms with Crippen LogP contribution in [0.15, 0.2) is 24.8 Å². The molecule has 1 unspecified atom stereocenters. The van der Waals surface area contributed by atoms with E-state index >= 15 is 0 Å². The summed E-state index contributed by atoms with van der Waals surface area (Å²) in [5, 5.41) is 9.88. The fraction of sp³-hybridized carbons (Fsp3) is 0.789. The van der Waals surface area contributed by atoms with E-state index in [2.05, 4.69) is 76.8 Å². The van der Waals surface area contributed by atoms with Crippen molar-refractivity contribution < 1.29 is 14.1 Å². The van der Waals surface area contributed by atoms with Crippen LogP contribution >= 0.6 is 9.47 Å². The molecule has 0 radical (unpaired) electrons. The van der Waals surface area contributed by atoms with Gasteiger partial charge >= 0.3 is 0 Å². The molecule has 0 rings (SSSR count). The zero-order valence-corrected chi connectivity index (χ0v) is 19.0. The maximum Gasteiger partial charge on any atom is 0.192 e. The Hall–Kier alpha value is 0.00688. The average molecular weight is 375 g/mol. The standard InChI is InChI=1S/C19H39O3PSi/c1-10-11-12-14(2)17(21-23)16(4)18(15(3)13-20)22-24(8,9)19(5,6)7/h10-12,14-18,20H,1,13,23H2,2-9H3/b12-11-/t14-,15-,16+,17-,18+/m0/s1. The minimum Gasteiger partial charge on any atom is -0.413 e. The van der Waals surface area contributed by atoms with E-state index in [9.17, 15) is 5.11 Å². The Kier molecular flexibility index (Phi) is 10.2. The van der Waals surface area contributed by atoms with E-state index in [4.69, 9.17) is 8.95 Å². The van der Waals surface area contributed by atoms with Gasteiger partial charge in [0.1, 0.15) is 0 Å². The summed E-state index contributed by atoms with van der Waals surface area (Å²) >= 11 is 0. The SMILES string of the molecule is C=C/C=C\[C@H](C)[C@H](OP)[C@@H](C)[C@H](O[Si](C)(C)C(C)(C)C)[C@@H](C)CO. The second-order valence-corrected chi connectivity index (χ2v) is 13.5. The molecule has 0 saturated carbocycles. The molecule has 0 aromatic heterocycles. The largest absolute Gasteiger partial charge is 0.413 e. The number of rotatable bonds is 10. The number of allylic oxidation sites excluding steroid dienone is 2. The van der Waals surface area contributed by atoms with E-state index in [0.717, 1.165) is 0 Å². The van der Waals surface area contributed by atoms with Gasteiger partial charge in [-0.3, -0.25) is 0 Å². The lowest BCUT2D eigenvalue weighted by Crippen LogP contribution is -2.50. The Labute approximate surface area is 153 Å². The summed E-state index contributed by atoms with van der Waals surface area (Å²) < 4.78 is 12.4. The molecular weight excluding hydrogens is 335 g/mol. The van der Waals surface area contributed by atoms with Crippen molar-refractivity contribution in [1.29, 1.82) is 0 Å². The van der Waals surface area contributed by atoms with E-state index in [-0.39, 0.29) is 41.6 Å². The van der Waals surface area contributed by atoms with Gasteiger partial charge in [0.05, 0.1) is 12.2 Å². The Morgan fingerprint density at radius 3 is 2.08 bits per heavy atom. The first-order chi connectivity index (χ1) is 10.9. The zero-order chi connectivity index (χ0) is 19.1. The highest BCUT2D eigenvalue weighted by Crippen LogP contribution is 2.40. The van der Waals surface area contributed by atoms with Crippen molar-refractivity contribution in [2.45, 2.75) is 71.9 Å². The molecule has 0 heterocycles. The van der Waals surface area contributed by atoms with E-state index < -0.39 is 8.32 Å². The van der Waals surface area contributed by atoms with Crippen LogP contribution in [0, 0.1) is 17.8 Å². The van der Waals surface area contributed by atoms with Crippen LogP contribution in [0.3, 0.4) is 0 Å². The molecule has 0 aromatic carbocycles. The zero-order valence-electron chi connectivity index (χ0n) is 16.9. The van der Waals surface area contributed by atoms with E-state index in [0.29, 0.717) is 0 Å². The van der Waals surface area contributed by atoms with Gasteiger partial charge in [0.15, 0.2) is 8.32 Å². The minimum absolute atomic E-state index is 0.00466. The fourth-order valence-corrected chi connectivity index (χ4v) is 4.62. The van der Waals surface area contributed by atoms with Gasteiger partial charge in [0.25, 0.3) is 0 Å². The molecule has 0 aliphatic heterocycles. The number of aliphatic hydroxyl groups excluding tert-OH is 1. The van der Waals surface area contributed by atoms with Crippen molar-refractivity contribution in [2.24, 2.45) is 17.8 Å². The van der Waals surface area contributed by atoms with Crippen LogP contribution in [0.25, 0.3) is 0 Å². The lowest BCUT2D eigenvalue weighted by Gasteiger charge is -2.44. The maximum atomic E-state index is 9.75. The van der Waals surface area contributed by atoms with Crippen LogP contribution in [0.1, 0.15) is 41.5 Å². The Balaban J connectivity index is 5.49. The topological polar surface area (TPSA) is 38.7 Å². The number of aliphatic hydroxyl groups is 1. The lowest BCUT2D eigenvalue weighted by atomic mass is 9.84. The molecule has 1 N–H and O–H groups in total. The summed E-state index contributed by atoms with van der Waals surface area (Å²) in [6.45, 7) is 21.4. The molecule has 5 heteroatoms. The summed E-state index contributed by atoms with van der Waals surface area (Å²) in [5.74, 6) is 0.447. The number of hydrogen-bond acceptors (Lipinski definition) is 3. The van der Waals surface area contributed by atoms with Crippen LogP contribution < -0.4 is 0 Å². The molecule has 0 aliphatic rings. The molecular formula is C19H39O3PSi. The molecule has 0 spiro atoms. The van der Waals surface area contributed by atoms with Crippen LogP contribution in [0.4, 0.5) is 0 Å². The molecule has 0 saturated heterocycles. The third kappa shape index (κ3) is 6.72. The van der Waals surface area contributed by atoms with Crippen molar-refractivity contribution in [1.82, 2.24) is 0 Å². The molecule has 24 heavy (non-hydrogen) atoms. The maximum absolute atomic E-state index is 9.75. The quantitative estimate of drug-likeness (QED) is 0.325. The van der Waals surface area contributed by atoms with Crippen molar-refractivity contribution in [3.63, 3.8) is 0 Å². The molecule has 0 fully saturated rings. The van der Waals surface area contributed by atoms with Gasteiger partial charge in [-0.05, 0) is 18.1 Å². The summed E-state index contributed by atoms with van der Waals surface area (Å²) in [7, 11) is 0.462. The van der Waals surface area contributed by atoms with Crippen LogP contribution in [0.2, 0.25) is 18.1 Å². The predicted octanol–water partition coefficient (Wildman–Crippen LogP) is 5.19. The highest BCUT2D eigenvalue weighted by atomic mass is 31.0. The Morgan fingerprint density at radius 2 is 1.71 bits per heavy atom. The first-order valence-corrected chi connectivity index (χ1v) is 12.2. The summed E-state index contributed by atoms with van der Waals surface area (Å²) in [6, 6.07) is 0. The van der Waals surface area contributed by atoms with Gasteiger partial charge in [-0.25, -0.2) is 0 Å². The highest BCUT2D eigenvalue weighted by molar-refractivity contribution is 7.09. The van der Waals surface area contributed by atoms with Crippen molar-refractivity contribution in [2.75, 3.05) is 6.61 Å². The van der Waals surface area contributed by atoms with Gasteiger partial charge < -0.3 is 14.1 Å². The smallest absolute Gasteiger partial charge is 0.192 e. The second kappa shape index (κ2) is 10.2. The van der Waals surface area contributed by atoms with E-state index in [1.54, 1.807) is 6.08 Å². The summed E-state index contributed by atoms with van der Waals surface area (Å²) in [5.41, 5.74) is 0. The van der Waals surface area contributed by atoms with E-state index in [1.165, 1.54) is 0 Å². The van der Waals surface area contributed by atoms with Crippen LogP contribution in [-0.2, 0) is 8.95 Å². The Morgan fingerprint density at radius 1 is 1.17 bits per heavy atom. The molecule has 3 nitrogen and oxygen atoms in total. The van der Waals surface area contributed by atoms with E-state index in [1.807, 2.05) is 6.08 Å². The van der Waals surface area contributed by atoms with Gasteiger partial charge in [-0.15, -0.1) is 0 Å². The van der Waals surface area contributed by atoms with Crippen LogP contribution in [-0.4, -0.2) is 32.2 Å². The predicted molar refractivity (Wildman–Crippen MR) is 111 cm³/mol. The fourth-order valence-electron chi connectivity index (χ4n) is 2.64. The summed E-state index contributed by atoms with van der Waals surface area (Å²) in [6.07, 6.45) is 5.79. The minimum atomic E-state index is -1.94. The van der Waals surface area contributed by atoms with Gasteiger partial charge in [0, 0.05) is 33.8 Å². The summed E-state index contributed by atoms with van der Waals surface area (Å²) in [4.78, 5) is 0. The van der Waals surface area contributed by atoms with Gasteiger partial charge in [-0.1, -0.05) is 66.3 Å². The number of hydrogen-bond donors (Lipinski definition) is 1. The van der Waals surface area contributed by atoms with Crippen molar-refractivity contribution in [3.05, 3.63) is 24.8 Å². The molecule has 0 aliphatic carbocycles. The Bertz CT molecular complexity index is 404. The normalized spacial score (nSPS) is 19.8. The molecule has 6 atom stereocenters. The first kappa shape index (κ1) is 24.0. The highest BCUT2D eigenvalue weighted by Gasteiger charge is 2.43. The van der Waals surface area contributed by atoms with Crippen LogP contribution in [0.5, 0.6) is 0 Å². The monoisotopic (exact) mass is 374 g/mol. The second-order valence-electron chi connectivity index (χ2n) is 8.44. The average Bonchev–Trinajstić information content (AvgIpc) is 2.49. The third-order valence-corrected chi connectivity index (χ3v) is 10.1. The molecule has 142 valence electrons. The van der Waals surface area contributed by atoms with Crippen molar-refractivity contribution >= 4 is 17.8 Å². The molecule has 0 amide bonds. The van der Waals surface area contributed by atoms with Gasteiger partial charge in [0.2, 0.25) is 0 Å². The molecule has 0 bridgehead atoms. The van der Waals surface area contributed by atoms with Gasteiger partial charge in [-0.2, -0.15) is 0 Å². The lowest BCUT2D eigenvalue weighted by molar-refractivity contribution is -0.00791. The van der Waals surface area contributed by atoms with Crippen molar-refractivity contribution in [3.8, 4) is 0 Å². The first-order valence-electron chi connectivity index (χ1n) is 8.86.